The zero-order valence-corrected chi connectivity index (χ0v) is 13.6. The van der Waals surface area contributed by atoms with Gasteiger partial charge in [-0.2, -0.15) is 0 Å². The molecule has 0 rings (SSSR count). The summed E-state index contributed by atoms with van der Waals surface area (Å²) < 4.78 is 3.70. The second kappa shape index (κ2) is 6.44. The fraction of sp³-hybridized carbons (Fsp3) is 1.00. The van der Waals surface area contributed by atoms with Crippen LogP contribution in [0.5, 0.6) is 0 Å². The van der Waals surface area contributed by atoms with Gasteiger partial charge in [-0.1, -0.05) is 97.3 Å². The summed E-state index contributed by atoms with van der Waals surface area (Å²) in [6.45, 7) is 2.27. The van der Waals surface area contributed by atoms with Crippen molar-refractivity contribution in [1.82, 2.24) is 0 Å². The second-order valence-corrected chi connectivity index (χ2v) is 7.68. The van der Waals surface area contributed by atoms with Gasteiger partial charge in [0.05, 0.1) is 0 Å². The molecular weight excluding hydrogens is 568 g/mol. The van der Waals surface area contributed by atoms with E-state index in [0.29, 0.717) is 0 Å². The van der Waals surface area contributed by atoms with Crippen LogP contribution in [0.4, 0.5) is 0 Å². The van der Waals surface area contributed by atoms with Gasteiger partial charge < -0.3 is 0 Å². The molecule has 0 aromatic heterocycles. The maximum absolute atomic E-state index is 2.54. The number of alkyl halides is 4. The van der Waals surface area contributed by atoms with Crippen LogP contribution in [-0.4, -0.2) is 16.2 Å². The van der Waals surface area contributed by atoms with Gasteiger partial charge in [0, 0.05) is 16.2 Å². The molecule has 4 heteroatoms. The predicted octanol–water partition coefficient (Wildman–Crippen LogP) is 3.85. The third-order valence-corrected chi connectivity index (χ3v) is 10.3. The molecule has 0 aromatic carbocycles. The van der Waals surface area contributed by atoms with Crippen molar-refractivity contribution in [1.29, 1.82) is 0 Å². The quantitative estimate of drug-likeness (QED) is 0.355. The molecule has 0 spiro atoms. The normalized spacial score (nSPS) is 21.0. The Morgan fingerprint density at radius 2 is 1.67 bits per heavy atom. The molecule has 9 heavy (non-hydrogen) atoms. The molecule has 0 nitrogen and oxygen atoms in total. The Hall–Kier alpha value is 2.92. The summed E-state index contributed by atoms with van der Waals surface area (Å²) >= 11 is 10.0. The van der Waals surface area contributed by atoms with Crippen LogP contribution in [0, 0.1) is 0 Å². The van der Waals surface area contributed by atoms with Crippen molar-refractivity contribution in [3.8, 4) is 0 Å². The van der Waals surface area contributed by atoms with Crippen LogP contribution in [0.25, 0.3) is 0 Å². The molecule has 2 unspecified atom stereocenters. The molecule has 3 atom stereocenters. The van der Waals surface area contributed by atoms with Gasteiger partial charge in [-0.15, -0.1) is 0 Å². The average Bonchev–Trinajstić information content (AvgIpc) is 1.84. The average molecular weight is 576 g/mol. The largest absolute Gasteiger partial charge is 0.0852 e. The standard InChI is InChI=1S/C5H8I4/c1-3(7)5(9)4(8)2-6/h3-5H,2H2,1H3/t3-,4?,5?/m0/s1. The lowest BCUT2D eigenvalue weighted by atomic mass is 10.3. The van der Waals surface area contributed by atoms with E-state index < -0.39 is 0 Å². The zero-order chi connectivity index (χ0) is 7.44. The summed E-state index contributed by atoms with van der Waals surface area (Å²) in [7, 11) is 0. The maximum atomic E-state index is 2.54. The Labute approximate surface area is 111 Å². The SMILES string of the molecule is C[C@H](I)C(I)C(I)CI. The highest BCUT2D eigenvalue weighted by Gasteiger charge is 2.18. The van der Waals surface area contributed by atoms with Gasteiger partial charge >= 0.3 is 0 Å². The highest BCUT2D eigenvalue weighted by Crippen LogP contribution is 2.25. The van der Waals surface area contributed by atoms with E-state index in [4.69, 9.17) is 0 Å². The minimum atomic E-state index is 0.792. The van der Waals surface area contributed by atoms with Gasteiger partial charge in [0.25, 0.3) is 0 Å². The van der Waals surface area contributed by atoms with Crippen LogP contribution in [0.1, 0.15) is 6.92 Å². The van der Waals surface area contributed by atoms with Crippen molar-refractivity contribution in [3.05, 3.63) is 0 Å². The van der Waals surface area contributed by atoms with E-state index in [1.807, 2.05) is 0 Å². The molecule has 0 aliphatic heterocycles. The van der Waals surface area contributed by atoms with Gasteiger partial charge in [-0.3, -0.25) is 0 Å². The molecule has 0 radical (unpaired) electrons. The monoisotopic (exact) mass is 576 g/mol. The van der Waals surface area contributed by atoms with E-state index in [2.05, 4.69) is 97.3 Å². The lowest BCUT2D eigenvalue weighted by Crippen LogP contribution is -2.22. The van der Waals surface area contributed by atoms with E-state index >= 15 is 0 Å². The Morgan fingerprint density at radius 1 is 1.22 bits per heavy atom. The summed E-state index contributed by atoms with van der Waals surface area (Å²) in [6, 6.07) is 0. The van der Waals surface area contributed by atoms with E-state index in [9.17, 15) is 0 Å². The second-order valence-electron chi connectivity index (χ2n) is 1.79. The van der Waals surface area contributed by atoms with Gasteiger partial charge in [-0.05, 0) is 0 Å². The van der Waals surface area contributed by atoms with Crippen LogP contribution < -0.4 is 0 Å². The lowest BCUT2D eigenvalue weighted by Gasteiger charge is -2.16. The highest BCUT2D eigenvalue weighted by molar-refractivity contribution is 14.1. The van der Waals surface area contributed by atoms with Gasteiger partial charge in [0.15, 0.2) is 0 Å². The van der Waals surface area contributed by atoms with Crippen LogP contribution >= 0.6 is 90.4 Å². The molecular formula is C5H8I4. The fourth-order valence-corrected chi connectivity index (χ4v) is 4.07. The van der Waals surface area contributed by atoms with E-state index in [0.717, 1.165) is 11.8 Å². The Morgan fingerprint density at radius 3 is 1.78 bits per heavy atom. The first-order chi connectivity index (χ1) is 4.09. The van der Waals surface area contributed by atoms with Crippen molar-refractivity contribution in [2.75, 3.05) is 4.43 Å². The number of hydrogen-bond acceptors (Lipinski definition) is 0. The lowest BCUT2D eigenvalue weighted by molar-refractivity contribution is 0.911. The van der Waals surface area contributed by atoms with Crippen molar-refractivity contribution < 1.29 is 0 Å². The summed E-state index contributed by atoms with van der Waals surface area (Å²) in [6.07, 6.45) is 0. The predicted molar refractivity (Wildman–Crippen MR) is 78.0 cm³/mol. The van der Waals surface area contributed by atoms with Gasteiger partial charge in [-0.25, -0.2) is 0 Å². The van der Waals surface area contributed by atoms with Crippen LogP contribution in [0.3, 0.4) is 0 Å². The van der Waals surface area contributed by atoms with E-state index in [-0.39, 0.29) is 0 Å². The Balaban J connectivity index is 3.58. The third kappa shape index (κ3) is 5.21. The highest BCUT2D eigenvalue weighted by atomic mass is 127. The maximum Gasteiger partial charge on any atom is 0.0350 e. The molecule has 0 saturated heterocycles. The minimum Gasteiger partial charge on any atom is -0.0852 e. The zero-order valence-electron chi connectivity index (χ0n) is 4.95. The Bertz CT molecular complexity index is 73.4. The van der Waals surface area contributed by atoms with Crippen molar-refractivity contribution in [2.45, 2.75) is 18.7 Å². The topological polar surface area (TPSA) is 0 Å². The first-order valence-electron chi connectivity index (χ1n) is 2.57. The van der Waals surface area contributed by atoms with Crippen molar-refractivity contribution in [2.24, 2.45) is 0 Å². The summed E-state index contributed by atoms with van der Waals surface area (Å²) in [4.78, 5) is 0. The number of hydrogen-bond donors (Lipinski definition) is 0. The molecule has 0 N–H and O–H groups in total. The number of rotatable bonds is 3. The van der Waals surface area contributed by atoms with Crippen molar-refractivity contribution in [3.63, 3.8) is 0 Å². The van der Waals surface area contributed by atoms with Crippen LogP contribution in [0.15, 0.2) is 0 Å². The molecule has 0 aliphatic rings. The first kappa shape index (κ1) is 11.9. The molecule has 0 amide bonds. The van der Waals surface area contributed by atoms with E-state index in [1.165, 1.54) is 4.43 Å². The fourth-order valence-electron chi connectivity index (χ4n) is 0.373. The molecule has 0 fully saturated rings. The van der Waals surface area contributed by atoms with Crippen LogP contribution in [0.2, 0.25) is 0 Å². The summed E-state index contributed by atoms with van der Waals surface area (Å²) in [5, 5.41) is 0. The summed E-state index contributed by atoms with van der Waals surface area (Å²) in [5.41, 5.74) is 0. The smallest absolute Gasteiger partial charge is 0.0350 e. The Kier molecular flexibility index (Phi) is 8.53. The molecule has 0 aromatic rings. The van der Waals surface area contributed by atoms with Gasteiger partial charge in [0.2, 0.25) is 0 Å². The molecule has 0 aliphatic carbocycles. The minimum absolute atomic E-state index is 0.792. The van der Waals surface area contributed by atoms with Crippen LogP contribution in [-0.2, 0) is 0 Å². The first-order valence-corrected chi connectivity index (χ1v) is 7.84. The summed E-state index contributed by atoms with van der Waals surface area (Å²) in [5.74, 6) is 0. The third-order valence-electron chi connectivity index (χ3n) is 0.932. The molecule has 0 bridgehead atoms. The van der Waals surface area contributed by atoms with Gasteiger partial charge in [0.1, 0.15) is 0 Å². The molecule has 0 saturated carbocycles. The number of halogens is 4. The van der Waals surface area contributed by atoms with Crippen molar-refractivity contribution >= 4 is 90.4 Å². The van der Waals surface area contributed by atoms with E-state index in [1.54, 1.807) is 0 Å². The molecule has 0 heterocycles. The molecule has 56 valence electrons.